The van der Waals surface area contributed by atoms with Gasteiger partial charge >= 0.3 is 0 Å². The van der Waals surface area contributed by atoms with Crippen molar-refractivity contribution in [3.05, 3.63) is 51.7 Å². The van der Waals surface area contributed by atoms with Crippen LogP contribution in [0.15, 0.2) is 30.6 Å². The summed E-state index contributed by atoms with van der Waals surface area (Å²) in [5.41, 5.74) is 2.46. The lowest BCUT2D eigenvalue weighted by Crippen LogP contribution is -2.30. The summed E-state index contributed by atoms with van der Waals surface area (Å²) in [6.45, 7) is 0.940. The van der Waals surface area contributed by atoms with Crippen LogP contribution in [-0.4, -0.2) is 21.1 Å². The van der Waals surface area contributed by atoms with Crippen molar-refractivity contribution < 1.29 is 0 Å². The van der Waals surface area contributed by atoms with Crippen molar-refractivity contribution in [1.29, 1.82) is 0 Å². The molecule has 6 heteroatoms. The molecule has 2 aromatic heterocycles. The lowest BCUT2D eigenvalue weighted by atomic mass is 10.00. The molecule has 1 unspecified atom stereocenters. The van der Waals surface area contributed by atoms with E-state index < -0.39 is 0 Å². The van der Waals surface area contributed by atoms with Gasteiger partial charge in [-0.15, -0.1) is 0 Å². The molecular formula is C13H11ClN4S. The number of nitrogens with zero attached hydrogens (tertiary/aromatic N) is 3. The van der Waals surface area contributed by atoms with Crippen molar-refractivity contribution in [1.82, 2.24) is 19.9 Å². The number of rotatable bonds is 1. The Hall–Kier alpha value is -1.43. The third-order valence-corrected chi connectivity index (χ3v) is 4.80. The van der Waals surface area contributed by atoms with Gasteiger partial charge in [0.25, 0.3) is 0 Å². The van der Waals surface area contributed by atoms with E-state index in [2.05, 4.69) is 21.5 Å². The molecule has 0 saturated carbocycles. The first kappa shape index (κ1) is 11.4. The van der Waals surface area contributed by atoms with Crippen LogP contribution in [0, 0.1) is 0 Å². The molecule has 0 fully saturated rings. The lowest BCUT2D eigenvalue weighted by Gasteiger charge is -2.23. The highest BCUT2D eigenvalue weighted by atomic mass is 35.5. The van der Waals surface area contributed by atoms with Gasteiger partial charge < -0.3 is 5.32 Å². The number of halogens is 1. The zero-order valence-corrected chi connectivity index (χ0v) is 11.6. The molecule has 0 saturated heterocycles. The fourth-order valence-corrected chi connectivity index (χ4v) is 3.97. The van der Waals surface area contributed by atoms with Crippen molar-refractivity contribution in [2.24, 2.45) is 0 Å². The van der Waals surface area contributed by atoms with Crippen LogP contribution in [0.5, 0.6) is 0 Å². The molecule has 3 heterocycles. The standard InChI is InChI=1S/C13H11ClN4S/c14-9-3-1-2-8(6-9)11-12-10(4-5-15-11)18-13(19-12)16-7-17-18/h1-3,6-7,11,15H,4-5H2. The number of fused-ring (bicyclic) bond motifs is 3. The molecule has 1 N–H and O–H groups in total. The first-order valence-corrected chi connectivity index (χ1v) is 7.32. The molecular weight excluding hydrogens is 280 g/mol. The summed E-state index contributed by atoms with van der Waals surface area (Å²) in [6, 6.07) is 8.21. The molecule has 96 valence electrons. The predicted molar refractivity (Wildman–Crippen MR) is 75.9 cm³/mol. The summed E-state index contributed by atoms with van der Waals surface area (Å²) in [5, 5.41) is 8.62. The largest absolute Gasteiger partial charge is 0.305 e. The van der Waals surface area contributed by atoms with Crippen molar-refractivity contribution in [3.63, 3.8) is 0 Å². The maximum absolute atomic E-state index is 6.09. The van der Waals surface area contributed by atoms with E-state index in [1.165, 1.54) is 16.1 Å². The Morgan fingerprint density at radius 2 is 2.37 bits per heavy atom. The van der Waals surface area contributed by atoms with Crippen molar-refractivity contribution >= 4 is 27.9 Å². The number of hydrogen-bond acceptors (Lipinski definition) is 4. The highest BCUT2D eigenvalue weighted by molar-refractivity contribution is 7.17. The maximum atomic E-state index is 6.09. The fraction of sp³-hybridized carbons (Fsp3) is 0.231. The average Bonchev–Trinajstić information content (AvgIpc) is 2.98. The van der Waals surface area contributed by atoms with Crippen LogP contribution in [0.2, 0.25) is 5.02 Å². The number of benzene rings is 1. The van der Waals surface area contributed by atoms with Gasteiger partial charge in [-0.25, -0.2) is 9.50 Å². The summed E-state index contributed by atoms with van der Waals surface area (Å²) in [7, 11) is 0. The van der Waals surface area contributed by atoms with E-state index in [-0.39, 0.29) is 6.04 Å². The van der Waals surface area contributed by atoms with E-state index in [1.807, 2.05) is 22.7 Å². The minimum absolute atomic E-state index is 0.191. The molecule has 1 atom stereocenters. The molecule has 4 nitrogen and oxygen atoms in total. The average molecular weight is 291 g/mol. The second kappa shape index (κ2) is 4.30. The summed E-state index contributed by atoms with van der Waals surface area (Å²) in [4.78, 5) is 6.54. The smallest absolute Gasteiger partial charge is 0.212 e. The minimum atomic E-state index is 0.191. The Morgan fingerprint density at radius 1 is 1.42 bits per heavy atom. The number of aromatic nitrogens is 3. The Bertz CT molecular complexity index is 748. The monoisotopic (exact) mass is 290 g/mol. The number of nitrogens with one attached hydrogen (secondary N) is 1. The van der Waals surface area contributed by atoms with Crippen molar-refractivity contribution in [3.8, 4) is 0 Å². The third-order valence-electron chi connectivity index (χ3n) is 3.41. The third kappa shape index (κ3) is 1.77. The maximum Gasteiger partial charge on any atom is 0.212 e. The molecule has 3 aromatic rings. The van der Waals surface area contributed by atoms with E-state index in [4.69, 9.17) is 11.6 Å². The SMILES string of the molecule is Clc1cccc(C2NCCc3c2sc2ncnn32)c1. The van der Waals surface area contributed by atoms with Crippen LogP contribution in [0.4, 0.5) is 0 Å². The van der Waals surface area contributed by atoms with Crippen LogP contribution in [0.25, 0.3) is 4.96 Å². The molecule has 1 aliphatic rings. The van der Waals surface area contributed by atoms with Gasteiger partial charge in [0.2, 0.25) is 4.96 Å². The van der Waals surface area contributed by atoms with Crippen LogP contribution in [0.3, 0.4) is 0 Å². The fourth-order valence-electron chi connectivity index (χ4n) is 2.58. The number of hydrogen-bond donors (Lipinski definition) is 1. The highest BCUT2D eigenvalue weighted by Gasteiger charge is 2.26. The lowest BCUT2D eigenvalue weighted by molar-refractivity contribution is 0.562. The van der Waals surface area contributed by atoms with E-state index in [0.29, 0.717) is 0 Å². The van der Waals surface area contributed by atoms with Gasteiger partial charge in [-0.2, -0.15) is 5.10 Å². The van der Waals surface area contributed by atoms with Crippen LogP contribution in [0.1, 0.15) is 22.2 Å². The summed E-state index contributed by atoms with van der Waals surface area (Å²) in [6.07, 6.45) is 2.60. The molecule has 0 amide bonds. The zero-order valence-electron chi connectivity index (χ0n) is 10.0. The van der Waals surface area contributed by atoms with Crippen LogP contribution < -0.4 is 5.32 Å². The van der Waals surface area contributed by atoms with E-state index in [9.17, 15) is 0 Å². The first-order chi connectivity index (χ1) is 9.33. The Labute approximate surface area is 119 Å². The topological polar surface area (TPSA) is 42.2 Å². The zero-order chi connectivity index (χ0) is 12.8. The number of thiazole rings is 1. The summed E-state index contributed by atoms with van der Waals surface area (Å²) >= 11 is 7.79. The second-order valence-electron chi connectivity index (χ2n) is 4.56. The molecule has 0 bridgehead atoms. The van der Waals surface area contributed by atoms with Gasteiger partial charge in [-0.1, -0.05) is 35.1 Å². The van der Waals surface area contributed by atoms with Crippen molar-refractivity contribution in [2.75, 3.05) is 6.54 Å². The van der Waals surface area contributed by atoms with Gasteiger partial charge in [0.1, 0.15) is 6.33 Å². The molecule has 19 heavy (non-hydrogen) atoms. The predicted octanol–water partition coefficient (Wildman–Crippen LogP) is 2.68. The van der Waals surface area contributed by atoms with Crippen LogP contribution in [-0.2, 0) is 6.42 Å². The van der Waals surface area contributed by atoms with Crippen molar-refractivity contribution in [2.45, 2.75) is 12.5 Å². The van der Waals surface area contributed by atoms with Gasteiger partial charge in [-0.05, 0) is 17.7 Å². The normalized spacial score (nSPS) is 18.7. The summed E-state index contributed by atoms with van der Waals surface area (Å²) in [5.74, 6) is 0. The molecule has 4 rings (SSSR count). The van der Waals surface area contributed by atoms with E-state index >= 15 is 0 Å². The molecule has 0 spiro atoms. The van der Waals surface area contributed by atoms with Gasteiger partial charge in [0.05, 0.1) is 16.6 Å². The van der Waals surface area contributed by atoms with E-state index in [0.717, 1.165) is 22.9 Å². The van der Waals surface area contributed by atoms with Gasteiger partial charge in [-0.3, -0.25) is 0 Å². The van der Waals surface area contributed by atoms with Crippen LogP contribution >= 0.6 is 22.9 Å². The molecule has 0 radical (unpaired) electrons. The quantitative estimate of drug-likeness (QED) is 0.749. The molecule has 1 aliphatic heterocycles. The minimum Gasteiger partial charge on any atom is -0.305 e. The molecule has 1 aromatic carbocycles. The van der Waals surface area contributed by atoms with Gasteiger partial charge in [0.15, 0.2) is 0 Å². The molecule has 0 aliphatic carbocycles. The first-order valence-electron chi connectivity index (χ1n) is 6.13. The van der Waals surface area contributed by atoms with E-state index in [1.54, 1.807) is 17.7 Å². The Kier molecular flexibility index (Phi) is 2.58. The second-order valence-corrected chi connectivity index (χ2v) is 6.01. The highest BCUT2D eigenvalue weighted by Crippen LogP contribution is 2.35. The Morgan fingerprint density at radius 3 is 3.26 bits per heavy atom. The summed E-state index contributed by atoms with van der Waals surface area (Å²) < 4.78 is 1.96. The Balaban J connectivity index is 1.88. The van der Waals surface area contributed by atoms with Gasteiger partial charge in [0, 0.05) is 18.0 Å².